The van der Waals surface area contributed by atoms with Crippen LogP contribution in [-0.4, -0.2) is 16.0 Å². The van der Waals surface area contributed by atoms with Gasteiger partial charge in [0.2, 0.25) is 5.88 Å². The number of halogens is 2. The Morgan fingerprint density at radius 2 is 2.00 bits per heavy atom. The van der Waals surface area contributed by atoms with E-state index in [-0.39, 0.29) is 11.7 Å². The van der Waals surface area contributed by atoms with Crippen LogP contribution in [0.25, 0.3) is 0 Å². The fraction of sp³-hybridized carbons (Fsp3) is 0. The lowest BCUT2D eigenvalue weighted by Gasteiger charge is -2.08. The molecule has 1 aromatic carbocycles. The molecule has 0 saturated carbocycles. The smallest absolute Gasteiger partial charge is 0.249 e. The molecular weight excluding hydrogens is 275 g/mol. The molecule has 1 aromatic heterocycles. The van der Waals surface area contributed by atoms with E-state index in [2.05, 4.69) is 10.2 Å². The maximum absolute atomic E-state index is 7.40. The highest BCUT2D eigenvalue weighted by Crippen LogP contribution is 2.29. The van der Waals surface area contributed by atoms with Crippen LogP contribution in [0.2, 0.25) is 10.0 Å². The molecular formula is C11H8Cl2N4O. The molecule has 0 bridgehead atoms. The molecule has 0 saturated heterocycles. The Morgan fingerprint density at radius 3 is 2.67 bits per heavy atom. The average Bonchev–Trinajstić information content (AvgIpc) is 2.34. The second kappa shape index (κ2) is 5.20. The van der Waals surface area contributed by atoms with Gasteiger partial charge in [0.1, 0.15) is 11.6 Å². The van der Waals surface area contributed by atoms with Crippen LogP contribution in [-0.2, 0) is 0 Å². The summed E-state index contributed by atoms with van der Waals surface area (Å²) in [6.07, 6.45) is 1.43. The third-order valence-corrected chi connectivity index (χ3v) is 2.82. The highest BCUT2D eigenvalue weighted by molar-refractivity contribution is 6.42. The first-order valence-corrected chi connectivity index (χ1v) is 5.62. The first-order valence-electron chi connectivity index (χ1n) is 4.87. The summed E-state index contributed by atoms with van der Waals surface area (Å²) in [4.78, 5) is 0. The van der Waals surface area contributed by atoms with Gasteiger partial charge in [-0.1, -0.05) is 23.2 Å². The number of rotatable bonds is 3. The van der Waals surface area contributed by atoms with E-state index >= 15 is 0 Å². The molecule has 2 aromatic rings. The van der Waals surface area contributed by atoms with Gasteiger partial charge in [-0.05, 0) is 18.2 Å². The van der Waals surface area contributed by atoms with E-state index in [0.717, 1.165) is 0 Å². The predicted octanol–water partition coefficient (Wildman–Crippen LogP) is 2.86. The second-order valence-corrected chi connectivity index (χ2v) is 4.16. The maximum Gasteiger partial charge on any atom is 0.249 e. The number of benzene rings is 1. The molecule has 0 amide bonds. The lowest BCUT2D eigenvalue weighted by atomic mass is 10.3. The lowest BCUT2D eigenvalue weighted by molar-refractivity contribution is 0.454. The van der Waals surface area contributed by atoms with Crippen LogP contribution >= 0.6 is 23.2 Å². The van der Waals surface area contributed by atoms with Gasteiger partial charge in [-0.25, -0.2) is 0 Å². The number of hydrogen-bond donors (Lipinski definition) is 2. The normalized spacial score (nSPS) is 10.1. The average molecular weight is 283 g/mol. The molecule has 1 heterocycles. The topological polar surface area (TPSA) is 84.9 Å². The van der Waals surface area contributed by atoms with Gasteiger partial charge in [-0.15, -0.1) is 5.10 Å². The van der Waals surface area contributed by atoms with Crippen molar-refractivity contribution in [3.05, 3.63) is 46.1 Å². The Morgan fingerprint density at radius 1 is 1.22 bits per heavy atom. The van der Waals surface area contributed by atoms with E-state index in [0.29, 0.717) is 21.4 Å². The van der Waals surface area contributed by atoms with Gasteiger partial charge in [0.25, 0.3) is 0 Å². The van der Waals surface area contributed by atoms with Crippen molar-refractivity contribution < 1.29 is 4.74 Å². The Hall–Kier alpha value is -1.85. The molecule has 18 heavy (non-hydrogen) atoms. The number of hydrogen-bond acceptors (Lipinski definition) is 4. The van der Waals surface area contributed by atoms with Crippen molar-refractivity contribution in [2.24, 2.45) is 5.73 Å². The Labute approximate surface area is 113 Å². The number of nitrogens with one attached hydrogen (secondary N) is 1. The maximum atomic E-state index is 7.40. The molecule has 5 nitrogen and oxygen atoms in total. The standard InChI is InChI=1S/C11H8Cl2N4O/c12-8-2-1-6(5-9(8)13)18-11-7(10(14)15)3-4-16-17-11/h1-5H,(H3,14,15). The Balaban J connectivity index is 2.34. The largest absolute Gasteiger partial charge is 0.437 e. The molecule has 0 aliphatic rings. The van der Waals surface area contributed by atoms with Crippen molar-refractivity contribution >= 4 is 29.0 Å². The fourth-order valence-electron chi connectivity index (χ4n) is 1.25. The van der Waals surface area contributed by atoms with E-state index in [1.165, 1.54) is 6.20 Å². The van der Waals surface area contributed by atoms with Crippen LogP contribution < -0.4 is 10.5 Å². The first-order chi connectivity index (χ1) is 8.58. The van der Waals surface area contributed by atoms with Gasteiger partial charge in [-0.2, -0.15) is 5.10 Å². The van der Waals surface area contributed by atoms with E-state index in [4.69, 9.17) is 39.1 Å². The first kappa shape index (κ1) is 12.6. The summed E-state index contributed by atoms with van der Waals surface area (Å²) in [6, 6.07) is 6.32. The number of nitrogens with two attached hydrogens (primary N) is 1. The van der Waals surface area contributed by atoms with E-state index in [1.54, 1.807) is 24.3 Å². The van der Waals surface area contributed by atoms with Gasteiger partial charge in [-0.3, -0.25) is 5.41 Å². The summed E-state index contributed by atoms with van der Waals surface area (Å²) in [5.74, 6) is 0.427. The van der Waals surface area contributed by atoms with Crippen molar-refractivity contribution in [1.82, 2.24) is 10.2 Å². The van der Waals surface area contributed by atoms with Crippen LogP contribution in [0.4, 0.5) is 0 Å². The Kier molecular flexibility index (Phi) is 3.64. The predicted molar refractivity (Wildman–Crippen MR) is 69.6 cm³/mol. The van der Waals surface area contributed by atoms with Gasteiger partial charge < -0.3 is 10.5 Å². The SMILES string of the molecule is N=C(N)c1ccnnc1Oc1ccc(Cl)c(Cl)c1. The minimum absolute atomic E-state index is 0.142. The quantitative estimate of drug-likeness (QED) is 0.670. The number of nitrogens with zero attached hydrogens (tertiary/aromatic N) is 2. The summed E-state index contributed by atoms with van der Waals surface area (Å²) < 4.78 is 5.47. The van der Waals surface area contributed by atoms with Gasteiger partial charge in [0.05, 0.1) is 21.8 Å². The van der Waals surface area contributed by atoms with Crippen molar-refractivity contribution in [2.45, 2.75) is 0 Å². The monoisotopic (exact) mass is 282 g/mol. The third kappa shape index (κ3) is 2.69. The molecule has 0 atom stereocenters. The molecule has 92 valence electrons. The van der Waals surface area contributed by atoms with Crippen molar-refractivity contribution in [1.29, 1.82) is 5.41 Å². The lowest BCUT2D eigenvalue weighted by Crippen LogP contribution is -2.13. The third-order valence-electron chi connectivity index (χ3n) is 2.08. The van der Waals surface area contributed by atoms with Crippen molar-refractivity contribution in [3.8, 4) is 11.6 Å². The number of aromatic nitrogens is 2. The zero-order valence-corrected chi connectivity index (χ0v) is 10.5. The van der Waals surface area contributed by atoms with E-state index < -0.39 is 0 Å². The van der Waals surface area contributed by atoms with Crippen LogP contribution in [0.15, 0.2) is 30.5 Å². The zero-order chi connectivity index (χ0) is 13.1. The summed E-state index contributed by atoms with van der Waals surface area (Å²) in [5.41, 5.74) is 5.77. The fourth-order valence-corrected chi connectivity index (χ4v) is 1.54. The highest BCUT2D eigenvalue weighted by atomic mass is 35.5. The highest BCUT2D eigenvalue weighted by Gasteiger charge is 2.10. The molecule has 0 fully saturated rings. The summed E-state index contributed by atoms with van der Waals surface area (Å²) in [7, 11) is 0. The molecule has 0 unspecified atom stereocenters. The summed E-state index contributed by atoms with van der Waals surface area (Å²) in [5, 5.41) is 15.6. The van der Waals surface area contributed by atoms with Gasteiger partial charge >= 0.3 is 0 Å². The molecule has 2 rings (SSSR count). The molecule has 0 aliphatic carbocycles. The van der Waals surface area contributed by atoms with Crippen LogP contribution in [0.3, 0.4) is 0 Å². The van der Waals surface area contributed by atoms with Crippen LogP contribution in [0, 0.1) is 5.41 Å². The van der Waals surface area contributed by atoms with Crippen molar-refractivity contribution in [2.75, 3.05) is 0 Å². The minimum Gasteiger partial charge on any atom is -0.437 e. The minimum atomic E-state index is -0.153. The van der Waals surface area contributed by atoms with Crippen LogP contribution in [0.5, 0.6) is 11.6 Å². The number of nitrogen functional groups attached to an aromatic ring is 1. The molecule has 0 spiro atoms. The summed E-state index contributed by atoms with van der Waals surface area (Å²) >= 11 is 11.7. The van der Waals surface area contributed by atoms with E-state index in [9.17, 15) is 0 Å². The van der Waals surface area contributed by atoms with Gasteiger partial charge in [0, 0.05) is 6.07 Å². The molecule has 7 heteroatoms. The Bertz CT molecular complexity index is 603. The number of amidine groups is 1. The molecule has 0 aliphatic heterocycles. The summed E-state index contributed by atoms with van der Waals surface area (Å²) in [6.45, 7) is 0. The number of ether oxygens (including phenoxy) is 1. The van der Waals surface area contributed by atoms with E-state index in [1.807, 2.05) is 0 Å². The second-order valence-electron chi connectivity index (χ2n) is 3.34. The van der Waals surface area contributed by atoms with Crippen LogP contribution in [0.1, 0.15) is 5.56 Å². The zero-order valence-electron chi connectivity index (χ0n) is 9.02. The van der Waals surface area contributed by atoms with Crippen molar-refractivity contribution in [3.63, 3.8) is 0 Å². The molecule has 3 N–H and O–H groups in total. The van der Waals surface area contributed by atoms with Gasteiger partial charge in [0.15, 0.2) is 0 Å². The molecule has 0 radical (unpaired) electrons.